The van der Waals surface area contributed by atoms with Crippen LogP contribution in [0.4, 0.5) is 0 Å². The number of amides is 2. The Balaban J connectivity index is 1.17. The summed E-state index contributed by atoms with van der Waals surface area (Å²) in [5.74, 6) is 0.0949. The smallest absolute Gasteiger partial charge is 0.233 e. The summed E-state index contributed by atoms with van der Waals surface area (Å²) in [5, 5.41) is 8.64. The number of carbonyl (C=O) groups is 2. The summed E-state index contributed by atoms with van der Waals surface area (Å²) in [7, 11) is 0. The quantitative estimate of drug-likeness (QED) is 0.760. The second-order valence-electron chi connectivity index (χ2n) is 8.42. The minimum atomic E-state index is -0.0346. The molecule has 1 aromatic carbocycles. The summed E-state index contributed by atoms with van der Waals surface area (Å²) < 4.78 is 2.06. The fraction of sp³-hybridized carbons (Fsp3) is 0.619. The van der Waals surface area contributed by atoms with Gasteiger partial charge in [-0.2, -0.15) is 0 Å². The number of aromatic nitrogens is 3. The lowest BCUT2D eigenvalue weighted by Crippen LogP contribution is -2.42. The number of likely N-dealkylation sites (tertiary alicyclic amines) is 2. The molecule has 2 atom stereocenters. The summed E-state index contributed by atoms with van der Waals surface area (Å²) >= 11 is 0. The van der Waals surface area contributed by atoms with E-state index in [1.54, 1.807) is 4.90 Å². The molecule has 148 valence electrons. The molecular formula is C21H27N5O2. The molecule has 2 saturated heterocycles. The van der Waals surface area contributed by atoms with Gasteiger partial charge in [0.05, 0.1) is 23.4 Å². The first-order chi connectivity index (χ1) is 13.7. The zero-order valence-electron chi connectivity index (χ0n) is 16.2. The average Bonchev–Trinajstić information content (AvgIpc) is 3.27. The highest BCUT2D eigenvalue weighted by atomic mass is 16.2. The summed E-state index contributed by atoms with van der Waals surface area (Å²) in [6, 6.07) is 8.45. The number of carbonyl (C=O) groups excluding carboxylic acids is 2. The Morgan fingerprint density at radius 3 is 2.29 bits per heavy atom. The van der Waals surface area contributed by atoms with Crippen molar-refractivity contribution in [3.63, 3.8) is 0 Å². The highest BCUT2D eigenvalue weighted by molar-refractivity contribution is 6.05. The first-order valence-electron chi connectivity index (χ1n) is 10.6. The second kappa shape index (κ2) is 7.28. The number of rotatable bonds is 4. The van der Waals surface area contributed by atoms with E-state index in [4.69, 9.17) is 0 Å². The summed E-state index contributed by atoms with van der Waals surface area (Å²) in [4.78, 5) is 29.2. The van der Waals surface area contributed by atoms with Crippen molar-refractivity contribution >= 4 is 22.8 Å². The predicted octanol–water partition coefficient (Wildman–Crippen LogP) is 2.24. The van der Waals surface area contributed by atoms with E-state index < -0.39 is 0 Å². The third kappa shape index (κ3) is 3.02. The molecule has 2 aliphatic heterocycles. The Kier molecular flexibility index (Phi) is 4.62. The molecule has 1 aromatic heterocycles. The number of para-hydroxylation sites is 1. The van der Waals surface area contributed by atoms with E-state index in [1.165, 1.54) is 0 Å². The van der Waals surface area contributed by atoms with Crippen LogP contribution >= 0.6 is 0 Å². The van der Waals surface area contributed by atoms with Gasteiger partial charge in [-0.15, -0.1) is 5.10 Å². The Bertz CT molecular complexity index is 862. The van der Waals surface area contributed by atoms with Crippen molar-refractivity contribution in [3.8, 4) is 0 Å². The Labute approximate surface area is 164 Å². The van der Waals surface area contributed by atoms with Crippen molar-refractivity contribution in [1.29, 1.82) is 0 Å². The van der Waals surface area contributed by atoms with Crippen molar-refractivity contribution in [1.82, 2.24) is 24.8 Å². The summed E-state index contributed by atoms with van der Waals surface area (Å²) in [5.41, 5.74) is 2.04. The first-order valence-corrected chi connectivity index (χ1v) is 10.6. The van der Waals surface area contributed by atoms with Gasteiger partial charge in [0.15, 0.2) is 0 Å². The van der Waals surface area contributed by atoms with E-state index in [1.807, 2.05) is 18.2 Å². The number of hydrogen-bond acceptors (Lipinski definition) is 5. The molecule has 7 nitrogen and oxygen atoms in total. The Hall–Kier alpha value is -2.28. The van der Waals surface area contributed by atoms with Gasteiger partial charge in [0.1, 0.15) is 5.52 Å². The number of fused-ring (bicyclic) bond motifs is 2. The number of hydrogen-bond donors (Lipinski definition) is 0. The molecule has 2 amide bonds. The van der Waals surface area contributed by atoms with E-state index in [-0.39, 0.29) is 23.7 Å². The SMILES string of the molecule is O=C1[C@H]2CCCC[C@H]2C(=O)N1CCN1CCC(n2nnc3ccccc32)CC1. The molecule has 0 radical (unpaired) electrons. The van der Waals surface area contributed by atoms with Crippen LogP contribution in [0.1, 0.15) is 44.6 Å². The molecule has 0 N–H and O–H groups in total. The molecule has 28 heavy (non-hydrogen) atoms. The highest BCUT2D eigenvalue weighted by Gasteiger charge is 2.47. The lowest BCUT2D eigenvalue weighted by Gasteiger charge is -2.32. The number of benzene rings is 1. The van der Waals surface area contributed by atoms with Crippen LogP contribution in [0.3, 0.4) is 0 Å². The van der Waals surface area contributed by atoms with E-state index in [9.17, 15) is 9.59 Å². The van der Waals surface area contributed by atoms with Gasteiger partial charge in [0.25, 0.3) is 0 Å². The average molecular weight is 381 g/mol. The van der Waals surface area contributed by atoms with Gasteiger partial charge in [-0.05, 0) is 37.8 Å². The Morgan fingerprint density at radius 2 is 1.57 bits per heavy atom. The van der Waals surface area contributed by atoms with Crippen LogP contribution in [0.5, 0.6) is 0 Å². The fourth-order valence-electron chi connectivity index (χ4n) is 5.24. The minimum Gasteiger partial charge on any atom is -0.301 e. The van der Waals surface area contributed by atoms with E-state index in [0.29, 0.717) is 12.6 Å². The number of nitrogens with zero attached hydrogens (tertiary/aromatic N) is 5. The van der Waals surface area contributed by atoms with Gasteiger partial charge in [0, 0.05) is 26.2 Å². The van der Waals surface area contributed by atoms with E-state index in [0.717, 1.165) is 69.2 Å². The standard InChI is InChI=1S/C21H27N5O2/c27-20-16-5-1-2-6-17(16)21(28)25(20)14-13-24-11-9-15(10-12-24)26-19-8-4-3-7-18(19)22-23-26/h3-4,7-8,15-17H,1-2,5-6,9-14H2/t16-,17+. The predicted molar refractivity (Wildman–Crippen MR) is 104 cm³/mol. The molecule has 0 bridgehead atoms. The first kappa shape index (κ1) is 17.8. The Morgan fingerprint density at radius 1 is 0.893 bits per heavy atom. The van der Waals surface area contributed by atoms with Gasteiger partial charge in [-0.1, -0.05) is 30.2 Å². The van der Waals surface area contributed by atoms with E-state index >= 15 is 0 Å². The van der Waals surface area contributed by atoms with Crippen molar-refractivity contribution in [2.24, 2.45) is 11.8 Å². The van der Waals surface area contributed by atoms with Crippen LogP contribution < -0.4 is 0 Å². The maximum atomic E-state index is 12.6. The molecule has 3 fully saturated rings. The topological polar surface area (TPSA) is 71.3 Å². The monoisotopic (exact) mass is 381 g/mol. The molecule has 0 unspecified atom stereocenters. The van der Waals surface area contributed by atoms with Crippen LogP contribution in [0.15, 0.2) is 24.3 Å². The highest BCUT2D eigenvalue weighted by Crippen LogP contribution is 2.38. The largest absolute Gasteiger partial charge is 0.301 e. The maximum Gasteiger partial charge on any atom is 0.233 e. The van der Waals surface area contributed by atoms with Crippen molar-refractivity contribution < 1.29 is 9.59 Å². The molecule has 2 aromatic rings. The van der Waals surface area contributed by atoms with Crippen molar-refractivity contribution in [3.05, 3.63) is 24.3 Å². The second-order valence-corrected chi connectivity index (χ2v) is 8.42. The van der Waals surface area contributed by atoms with E-state index in [2.05, 4.69) is 26.0 Å². The molecule has 1 saturated carbocycles. The maximum absolute atomic E-state index is 12.6. The third-order valence-electron chi connectivity index (χ3n) is 6.85. The molecule has 3 heterocycles. The number of imide groups is 1. The molecule has 3 aliphatic rings. The summed E-state index contributed by atoms with van der Waals surface area (Å²) in [6.07, 6.45) is 5.98. The van der Waals surface area contributed by atoms with Crippen LogP contribution in [-0.4, -0.2) is 62.8 Å². The third-order valence-corrected chi connectivity index (χ3v) is 6.85. The molecule has 0 spiro atoms. The lowest BCUT2D eigenvalue weighted by atomic mass is 9.81. The zero-order chi connectivity index (χ0) is 19.1. The van der Waals surface area contributed by atoms with Crippen molar-refractivity contribution in [2.45, 2.75) is 44.6 Å². The van der Waals surface area contributed by atoms with Crippen LogP contribution in [0.2, 0.25) is 0 Å². The zero-order valence-corrected chi connectivity index (χ0v) is 16.2. The normalized spacial score (nSPS) is 26.9. The van der Waals surface area contributed by atoms with Gasteiger partial charge in [-0.25, -0.2) is 4.68 Å². The molecule has 7 heteroatoms. The molecule has 5 rings (SSSR count). The lowest BCUT2D eigenvalue weighted by molar-refractivity contribution is -0.140. The van der Waals surface area contributed by atoms with Crippen LogP contribution in [0.25, 0.3) is 11.0 Å². The van der Waals surface area contributed by atoms with Gasteiger partial charge in [0.2, 0.25) is 11.8 Å². The number of piperidine rings is 1. The molecule has 1 aliphatic carbocycles. The summed E-state index contributed by atoms with van der Waals surface area (Å²) in [6.45, 7) is 3.24. The molecular weight excluding hydrogens is 354 g/mol. The van der Waals surface area contributed by atoms with Gasteiger partial charge >= 0.3 is 0 Å². The van der Waals surface area contributed by atoms with Crippen LogP contribution in [0, 0.1) is 11.8 Å². The van der Waals surface area contributed by atoms with Crippen molar-refractivity contribution in [2.75, 3.05) is 26.2 Å². The van der Waals surface area contributed by atoms with Gasteiger partial charge in [-0.3, -0.25) is 14.5 Å². The minimum absolute atomic E-state index is 0.0346. The van der Waals surface area contributed by atoms with Gasteiger partial charge < -0.3 is 4.90 Å². The van der Waals surface area contributed by atoms with Crippen LogP contribution in [-0.2, 0) is 9.59 Å². The fourth-order valence-corrected chi connectivity index (χ4v) is 5.24.